The molecular formula is C20H22N4O4S. The summed E-state index contributed by atoms with van der Waals surface area (Å²) in [6, 6.07) is 4.34. The zero-order valence-electron chi connectivity index (χ0n) is 16.2. The Kier molecular flexibility index (Phi) is 4.34. The van der Waals surface area contributed by atoms with Crippen LogP contribution in [0.2, 0.25) is 0 Å². The Hall–Kier alpha value is -2.81. The van der Waals surface area contributed by atoms with Gasteiger partial charge in [-0.25, -0.2) is 9.78 Å². The number of benzene rings is 1. The van der Waals surface area contributed by atoms with Crippen molar-refractivity contribution in [1.82, 2.24) is 14.9 Å². The maximum Gasteiger partial charge on any atom is 0.407 e. The van der Waals surface area contributed by atoms with Gasteiger partial charge in [0.15, 0.2) is 5.58 Å². The van der Waals surface area contributed by atoms with E-state index in [0.717, 1.165) is 34.7 Å². The summed E-state index contributed by atoms with van der Waals surface area (Å²) in [5, 5.41) is 12.3. The van der Waals surface area contributed by atoms with Crippen LogP contribution in [0.25, 0.3) is 21.7 Å². The fourth-order valence-corrected chi connectivity index (χ4v) is 5.01. The SMILES string of the molecule is CC(C)Oc1cc(-c2nccs2)c2oc(N3CC4CCC(C3)N4C(=O)O)nc2c1. The first-order valence-corrected chi connectivity index (χ1v) is 10.6. The van der Waals surface area contributed by atoms with Crippen LogP contribution in [-0.2, 0) is 0 Å². The van der Waals surface area contributed by atoms with Crippen molar-refractivity contribution in [2.45, 2.75) is 44.9 Å². The maximum absolute atomic E-state index is 11.5. The van der Waals surface area contributed by atoms with Crippen LogP contribution < -0.4 is 9.64 Å². The molecule has 9 heteroatoms. The number of ether oxygens (including phenoxy) is 1. The number of nitrogens with zero attached hydrogens (tertiary/aromatic N) is 4. The highest BCUT2D eigenvalue weighted by molar-refractivity contribution is 7.13. The van der Waals surface area contributed by atoms with Crippen LogP contribution in [0.4, 0.5) is 10.8 Å². The number of oxazole rings is 1. The third kappa shape index (κ3) is 3.19. The molecule has 1 aromatic carbocycles. The molecule has 2 fully saturated rings. The highest BCUT2D eigenvalue weighted by Gasteiger charge is 2.43. The van der Waals surface area contributed by atoms with Gasteiger partial charge in [-0.15, -0.1) is 11.3 Å². The van der Waals surface area contributed by atoms with Gasteiger partial charge in [0.1, 0.15) is 16.3 Å². The Morgan fingerprint density at radius 1 is 1.31 bits per heavy atom. The molecule has 3 aromatic rings. The normalized spacial score (nSPS) is 21.3. The number of amides is 1. The zero-order valence-corrected chi connectivity index (χ0v) is 17.1. The second-order valence-corrected chi connectivity index (χ2v) is 8.69. The molecule has 2 bridgehead atoms. The van der Waals surface area contributed by atoms with E-state index in [9.17, 15) is 9.90 Å². The van der Waals surface area contributed by atoms with E-state index in [0.29, 0.717) is 24.7 Å². The summed E-state index contributed by atoms with van der Waals surface area (Å²) in [6.07, 6.45) is 2.73. The van der Waals surface area contributed by atoms with E-state index in [1.807, 2.05) is 31.4 Å². The van der Waals surface area contributed by atoms with Crippen molar-refractivity contribution >= 4 is 34.5 Å². The van der Waals surface area contributed by atoms with Crippen LogP contribution in [0, 0.1) is 0 Å². The van der Waals surface area contributed by atoms with E-state index in [-0.39, 0.29) is 18.2 Å². The molecule has 152 valence electrons. The molecule has 2 aliphatic rings. The summed E-state index contributed by atoms with van der Waals surface area (Å²) in [4.78, 5) is 24.4. The average molecular weight is 414 g/mol. The lowest BCUT2D eigenvalue weighted by Crippen LogP contribution is -2.55. The minimum absolute atomic E-state index is 0.0143. The topological polar surface area (TPSA) is 91.9 Å². The van der Waals surface area contributed by atoms with Gasteiger partial charge in [0.05, 0.1) is 23.8 Å². The smallest absolute Gasteiger partial charge is 0.407 e. The van der Waals surface area contributed by atoms with Crippen LogP contribution in [-0.4, -0.2) is 57.3 Å². The van der Waals surface area contributed by atoms with Gasteiger partial charge in [0.2, 0.25) is 0 Å². The number of fused-ring (bicyclic) bond motifs is 3. The van der Waals surface area contributed by atoms with Crippen molar-refractivity contribution in [3.8, 4) is 16.3 Å². The molecule has 2 aromatic heterocycles. The van der Waals surface area contributed by atoms with Crippen LogP contribution in [0.1, 0.15) is 26.7 Å². The van der Waals surface area contributed by atoms with Gasteiger partial charge >= 0.3 is 6.09 Å². The van der Waals surface area contributed by atoms with Crippen LogP contribution >= 0.6 is 11.3 Å². The molecule has 2 aliphatic heterocycles. The van der Waals surface area contributed by atoms with E-state index in [4.69, 9.17) is 14.1 Å². The van der Waals surface area contributed by atoms with Crippen LogP contribution in [0.15, 0.2) is 28.1 Å². The third-order valence-electron chi connectivity index (χ3n) is 5.46. The van der Waals surface area contributed by atoms with Crippen molar-refractivity contribution < 1.29 is 19.1 Å². The fourth-order valence-electron chi connectivity index (χ4n) is 4.36. The van der Waals surface area contributed by atoms with Crippen LogP contribution in [0.5, 0.6) is 5.75 Å². The summed E-state index contributed by atoms with van der Waals surface area (Å²) in [7, 11) is 0. The monoisotopic (exact) mass is 414 g/mol. The molecule has 2 unspecified atom stereocenters. The summed E-state index contributed by atoms with van der Waals surface area (Å²) < 4.78 is 12.1. The van der Waals surface area contributed by atoms with Crippen molar-refractivity contribution in [1.29, 1.82) is 0 Å². The molecule has 0 radical (unpaired) electrons. The molecule has 0 saturated carbocycles. The minimum Gasteiger partial charge on any atom is -0.491 e. The number of carbonyl (C=O) groups is 1. The van der Waals surface area contributed by atoms with E-state index in [1.165, 1.54) is 11.3 Å². The van der Waals surface area contributed by atoms with Crippen molar-refractivity contribution in [3.05, 3.63) is 23.7 Å². The summed E-state index contributed by atoms with van der Waals surface area (Å²) in [6.45, 7) is 5.16. The third-order valence-corrected chi connectivity index (χ3v) is 6.27. The molecule has 1 amide bonds. The second kappa shape index (κ2) is 6.91. The van der Waals surface area contributed by atoms with Gasteiger partial charge in [-0.2, -0.15) is 4.98 Å². The Morgan fingerprint density at radius 2 is 2.07 bits per heavy atom. The number of anilines is 1. The Balaban J connectivity index is 1.53. The molecule has 0 aliphatic carbocycles. The standard InChI is InChI=1S/C20H22N4O4S/c1-11(2)27-14-7-15(18-21-5-6-29-18)17-16(8-14)22-19(28-17)23-9-12-3-4-13(10-23)24(12)20(25)26/h5-8,11-13H,3-4,9-10H2,1-2H3,(H,25,26). The number of hydrogen-bond acceptors (Lipinski definition) is 7. The largest absolute Gasteiger partial charge is 0.491 e. The predicted molar refractivity (Wildman–Crippen MR) is 110 cm³/mol. The van der Waals surface area contributed by atoms with Crippen molar-refractivity contribution in [2.75, 3.05) is 18.0 Å². The molecule has 0 spiro atoms. The van der Waals surface area contributed by atoms with E-state index >= 15 is 0 Å². The first-order chi connectivity index (χ1) is 14.0. The number of aromatic nitrogens is 2. The zero-order chi connectivity index (χ0) is 20.1. The number of piperazine rings is 1. The molecule has 2 atom stereocenters. The van der Waals surface area contributed by atoms with Crippen molar-refractivity contribution in [2.24, 2.45) is 0 Å². The highest BCUT2D eigenvalue weighted by atomic mass is 32.1. The summed E-state index contributed by atoms with van der Waals surface area (Å²) in [5.74, 6) is 0.730. The Bertz CT molecular complexity index is 1030. The highest BCUT2D eigenvalue weighted by Crippen LogP contribution is 2.38. The predicted octanol–water partition coefficient (Wildman–Crippen LogP) is 4.07. The first kappa shape index (κ1) is 18.2. The van der Waals surface area contributed by atoms with Gasteiger partial charge in [0.25, 0.3) is 6.01 Å². The molecule has 2 saturated heterocycles. The Morgan fingerprint density at radius 3 is 2.69 bits per heavy atom. The lowest BCUT2D eigenvalue weighted by Gasteiger charge is -2.38. The molecule has 1 N–H and O–H groups in total. The molecule has 4 heterocycles. The summed E-state index contributed by atoms with van der Waals surface area (Å²) in [5.41, 5.74) is 2.26. The number of thiazole rings is 1. The lowest BCUT2D eigenvalue weighted by atomic mass is 10.2. The average Bonchev–Trinajstić information content (AvgIpc) is 3.38. The Labute approximate surface area is 171 Å². The van der Waals surface area contributed by atoms with Gasteiger partial charge in [-0.3, -0.25) is 4.90 Å². The van der Waals surface area contributed by atoms with E-state index in [1.54, 1.807) is 11.1 Å². The number of hydrogen-bond donors (Lipinski definition) is 1. The fraction of sp³-hybridized carbons (Fsp3) is 0.450. The number of rotatable bonds is 4. The molecule has 29 heavy (non-hydrogen) atoms. The van der Waals surface area contributed by atoms with Gasteiger partial charge in [0, 0.05) is 30.7 Å². The van der Waals surface area contributed by atoms with Gasteiger partial charge in [-0.1, -0.05) is 0 Å². The van der Waals surface area contributed by atoms with E-state index < -0.39 is 6.09 Å². The van der Waals surface area contributed by atoms with Gasteiger partial charge in [-0.05, 0) is 32.8 Å². The minimum atomic E-state index is -0.837. The molecule has 8 nitrogen and oxygen atoms in total. The van der Waals surface area contributed by atoms with E-state index in [2.05, 4.69) is 9.88 Å². The first-order valence-electron chi connectivity index (χ1n) is 9.77. The second-order valence-electron chi connectivity index (χ2n) is 7.80. The number of carboxylic acid groups (broad SMARTS) is 1. The molecular weight excluding hydrogens is 392 g/mol. The summed E-state index contributed by atoms with van der Waals surface area (Å²) >= 11 is 1.54. The van der Waals surface area contributed by atoms with Crippen LogP contribution in [0.3, 0.4) is 0 Å². The quantitative estimate of drug-likeness (QED) is 0.688. The van der Waals surface area contributed by atoms with Gasteiger partial charge < -0.3 is 19.2 Å². The maximum atomic E-state index is 11.5. The lowest BCUT2D eigenvalue weighted by molar-refractivity contribution is 0.114. The molecule has 5 rings (SSSR count). The van der Waals surface area contributed by atoms with Crippen molar-refractivity contribution in [3.63, 3.8) is 0 Å².